The highest BCUT2D eigenvalue weighted by Crippen LogP contribution is 2.27. The zero-order chi connectivity index (χ0) is 14.7. The number of amides is 1. The lowest BCUT2D eigenvalue weighted by Gasteiger charge is -2.09. The van der Waals surface area contributed by atoms with Gasteiger partial charge in [-0.3, -0.25) is 4.79 Å². The first-order valence-corrected chi connectivity index (χ1v) is 5.95. The zero-order valence-electron chi connectivity index (χ0n) is 10.5. The standard InChI is InChI=1S/C13H11ClFN3O2/c1-20-10-6-7(2-3-9(10)14)18-13(19)8-4-5-17-12(16)11(8)15/h2-6H,1H3,(H2,16,17)(H,18,19). The van der Waals surface area contributed by atoms with Crippen molar-refractivity contribution in [2.45, 2.75) is 0 Å². The lowest BCUT2D eigenvalue weighted by Crippen LogP contribution is -2.15. The van der Waals surface area contributed by atoms with E-state index in [1.807, 2.05) is 0 Å². The van der Waals surface area contributed by atoms with Crippen molar-refractivity contribution in [2.24, 2.45) is 0 Å². The molecule has 1 heterocycles. The Kier molecular flexibility index (Phi) is 4.05. The van der Waals surface area contributed by atoms with Crippen LogP contribution in [0.25, 0.3) is 0 Å². The zero-order valence-corrected chi connectivity index (χ0v) is 11.2. The first-order chi connectivity index (χ1) is 9.52. The van der Waals surface area contributed by atoms with E-state index in [9.17, 15) is 9.18 Å². The normalized spacial score (nSPS) is 10.2. The van der Waals surface area contributed by atoms with Gasteiger partial charge in [0.25, 0.3) is 5.91 Å². The Morgan fingerprint density at radius 1 is 1.45 bits per heavy atom. The molecule has 1 aromatic carbocycles. The van der Waals surface area contributed by atoms with Gasteiger partial charge in [0, 0.05) is 18.0 Å². The summed E-state index contributed by atoms with van der Waals surface area (Å²) in [4.78, 5) is 15.5. The molecule has 7 heteroatoms. The van der Waals surface area contributed by atoms with Crippen LogP contribution in [0.5, 0.6) is 5.75 Å². The summed E-state index contributed by atoms with van der Waals surface area (Å²) >= 11 is 5.87. The third kappa shape index (κ3) is 2.80. The molecule has 0 radical (unpaired) electrons. The number of benzene rings is 1. The molecular weight excluding hydrogens is 285 g/mol. The summed E-state index contributed by atoms with van der Waals surface area (Å²) in [5.74, 6) is -1.42. The summed E-state index contributed by atoms with van der Waals surface area (Å²) in [5, 5.41) is 2.93. The molecule has 0 spiro atoms. The maximum atomic E-state index is 13.7. The topological polar surface area (TPSA) is 77.2 Å². The van der Waals surface area contributed by atoms with Gasteiger partial charge in [-0.1, -0.05) is 11.6 Å². The second kappa shape index (κ2) is 5.75. The number of nitrogens with zero attached hydrogens (tertiary/aromatic N) is 1. The molecule has 0 aliphatic rings. The van der Waals surface area contributed by atoms with Crippen LogP contribution in [-0.4, -0.2) is 18.0 Å². The van der Waals surface area contributed by atoms with Crippen molar-refractivity contribution >= 4 is 29.0 Å². The first-order valence-electron chi connectivity index (χ1n) is 5.57. The van der Waals surface area contributed by atoms with Crippen molar-refractivity contribution in [3.8, 4) is 5.75 Å². The number of anilines is 2. The molecule has 104 valence electrons. The molecule has 0 aliphatic heterocycles. The Morgan fingerprint density at radius 3 is 2.90 bits per heavy atom. The van der Waals surface area contributed by atoms with Gasteiger partial charge < -0.3 is 15.8 Å². The number of nitrogens with two attached hydrogens (primary N) is 1. The highest BCUT2D eigenvalue weighted by atomic mass is 35.5. The number of rotatable bonds is 3. The molecule has 0 saturated heterocycles. The first kappa shape index (κ1) is 14.1. The molecule has 2 rings (SSSR count). The van der Waals surface area contributed by atoms with E-state index in [0.717, 1.165) is 0 Å². The third-order valence-electron chi connectivity index (χ3n) is 2.57. The van der Waals surface area contributed by atoms with Crippen LogP contribution < -0.4 is 15.8 Å². The molecule has 0 atom stereocenters. The largest absolute Gasteiger partial charge is 0.495 e. The van der Waals surface area contributed by atoms with Gasteiger partial charge in [-0.15, -0.1) is 0 Å². The van der Waals surface area contributed by atoms with Crippen LogP contribution in [0.15, 0.2) is 30.5 Å². The highest BCUT2D eigenvalue weighted by molar-refractivity contribution is 6.32. The fourth-order valence-electron chi connectivity index (χ4n) is 1.57. The molecule has 0 aliphatic carbocycles. The van der Waals surface area contributed by atoms with Crippen molar-refractivity contribution in [1.29, 1.82) is 0 Å². The molecule has 0 fully saturated rings. The van der Waals surface area contributed by atoms with Crippen molar-refractivity contribution in [3.63, 3.8) is 0 Å². The van der Waals surface area contributed by atoms with E-state index >= 15 is 0 Å². The summed E-state index contributed by atoms with van der Waals surface area (Å²) in [6.07, 6.45) is 1.26. The number of methoxy groups -OCH3 is 1. The van der Waals surface area contributed by atoms with Crippen molar-refractivity contribution in [1.82, 2.24) is 4.98 Å². The lowest BCUT2D eigenvalue weighted by atomic mass is 10.2. The Morgan fingerprint density at radius 2 is 2.20 bits per heavy atom. The fourth-order valence-corrected chi connectivity index (χ4v) is 1.77. The molecule has 1 aromatic heterocycles. The molecule has 3 N–H and O–H groups in total. The van der Waals surface area contributed by atoms with E-state index in [-0.39, 0.29) is 11.4 Å². The lowest BCUT2D eigenvalue weighted by molar-refractivity contribution is 0.102. The average Bonchev–Trinajstić information content (AvgIpc) is 2.43. The summed E-state index contributed by atoms with van der Waals surface area (Å²) < 4.78 is 18.7. The SMILES string of the molecule is COc1cc(NC(=O)c2ccnc(N)c2F)ccc1Cl. The van der Waals surface area contributed by atoms with Gasteiger partial charge in [0.2, 0.25) is 0 Å². The number of carbonyl (C=O) groups excluding carboxylic acids is 1. The van der Waals surface area contributed by atoms with Crippen LogP contribution >= 0.6 is 11.6 Å². The van der Waals surface area contributed by atoms with Crippen LogP contribution in [0.3, 0.4) is 0 Å². The maximum Gasteiger partial charge on any atom is 0.258 e. The smallest absolute Gasteiger partial charge is 0.258 e. The Balaban J connectivity index is 2.26. The Bertz CT molecular complexity index is 664. The van der Waals surface area contributed by atoms with Gasteiger partial charge in [0.05, 0.1) is 17.7 Å². The minimum atomic E-state index is -0.856. The van der Waals surface area contributed by atoms with Gasteiger partial charge in [-0.25, -0.2) is 9.37 Å². The van der Waals surface area contributed by atoms with Gasteiger partial charge >= 0.3 is 0 Å². The Labute approximate surface area is 119 Å². The molecule has 5 nitrogen and oxygen atoms in total. The number of hydrogen-bond donors (Lipinski definition) is 2. The van der Waals surface area contributed by atoms with Gasteiger partial charge in [0.15, 0.2) is 11.6 Å². The predicted octanol–water partition coefficient (Wildman–Crippen LogP) is 2.72. The predicted molar refractivity (Wildman–Crippen MR) is 74.6 cm³/mol. The summed E-state index contributed by atoms with van der Waals surface area (Å²) in [7, 11) is 1.45. The van der Waals surface area contributed by atoms with E-state index in [4.69, 9.17) is 22.1 Å². The van der Waals surface area contributed by atoms with E-state index in [1.165, 1.54) is 25.4 Å². The molecule has 1 amide bonds. The average molecular weight is 296 g/mol. The molecule has 0 saturated carbocycles. The minimum Gasteiger partial charge on any atom is -0.495 e. The quantitative estimate of drug-likeness (QED) is 0.912. The summed E-state index contributed by atoms with van der Waals surface area (Å²) in [6.45, 7) is 0. The molecule has 0 bridgehead atoms. The third-order valence-corrected chi connectivity index (χ3v) is 2.88. The highest BCUT2D eigenvalue weighted by Gasteiger charge is 2.15. The number of halogens is 2. The monoisotopic (exact) mass is 295 g/mol. The van der Waals surface area contributed by atoms with E-state index in [1.54, 1.807) is 12.1 Å². The number of ether oxygens (including phenoxy) is 1. The van der Waals surface area contributed by atoms with Gasteiger partial charge in [0.1, 0.15) is 5.75 Å². The van der Waals surface area contributed by atoms with Crippen molar-refractivity contribution in [3.05, 3.63) is 46.9 Å². The molecule has 20 heavy (non-hydrogen) atoms. The fraction of sp³-hybridized carbons (Fsp3) is 0.0769. The van der Waals surface area contributed by atoms with Gasteiger partial charge in [-0.2, -0.15) is 0 Å². The number of aromatic nitrogens is 1. The summed E-state index contributed by atoms with van der Waals surface area (Å²) in [5.41, 5.74) is 5.55. The molecule has 0 unspecified atom stereocenters. The van der Waals surface area contributed by atoms with E-state index in [0.29, 0.717) is 16.5 Å². The number of carbonyl (C=O) groups is 1. The molecular formula is C13H11ClFN3O2. The maximum absolute atomic E-state index is 13.7. The second-order valence-corrected chi connectivity index (χ2v) is 4.27. The number of hydrogen-bond acceptors (Lipinski definition) is 4. The van der Waals surface area contributed by atoms with Crippen LogP contribution in [-0.2, 0) is 0 Å². The van der Waals surface area contributed by atoms with Crippen molar-refractivity contribution < 1.29 is 13.9 Å². The number of nitrogen functional groups attached to an aromatic ring is 1. The van der Waals surface area contributed by atoms with Crippen LogP contribution in [0.2, 0.25) is 5.02 Å². The van der Waals surface area contributed by atoms with Gasteiger partial charge in [-0.05, 0) is 18.2 Å². The summed E-state index contributed by atoms with van der Waals surface area (Å²) in [6, 6.07) is 5.91. The molecule has 2 aromatic rings. The van der Waals surface area contributed by atoms with E-state index < -0.39 is 11.7 Å². The minimum absolute atomic E-state index is 0.189. The van der Waals surface area contributed by atoms with Crippen LogP contribution in [0.4, 0.5) is 15.9 Å². The van der Waals surface area contributed by atoms with Crippen LogP contribution in [0, 0.1) is 5.82 Å². The van der Waals surface area contributed by atoms with Crippen LogP contribution in [0.1, 0.15) is 10.4 Å². The number of nitrogens with one attached hydrogen (secondary N) is 1. The second-order valence-electron chi connectivity index (χ2n) is 3.86. The van der Waals surface area contributed by atoms with E-state index in [2.05, 4.69) is 10.3 Å². The Hall–Kier alpha value is -2.34. The van der Waals surface area contributed by atoms with Crippen molar-refractivity contribution in [2.75, 3.05) is 18.2 Å². The number of pyridine rings is 1.